The summed E-state index contributed by atoms with van der Waals surface area (Å²) in [7, 11) is -2.02. The summed E-state index contributed by atoms with van der Waals surface area (Å²) in [6.07, 6.45) is 2.64. The topological polar surface area (TPSA) is 194 Å². The van der Waals surface area contributed by atoms with E-state index in [4.69, 9.17) is 209 Å². The van der Waals surface area contributed by atoms with Crippen LogP contribution >= 0.6 is 194 Å². The molecule has 0 saturated carbocycles. The Kier molecular flexibility index (Phi) is 45.4. The average Bonchev–Trinajstić information content (AvgIpc) is 1.57. The molecule has 12 nitrogen and oxygen atoms in total. The number of benzene rings is 14. The van der Waals surface area contributed by atoms with E-state index in [1.807, 2.05) is 186 Å². The van der Waals surface area contributed by atoms with Crippen molar-refractivity contribution in [2.75, 3.05) is 13.2 Å². The summed E-state index contributed by atoms with van der Waals surface area (Å²) in [5, 5.41) is 26.9. The van der Waals surface area contributed by atoms with Crippen LogP contribution in [0.4, 0.5) is 26.3 Å². The van der Waals surface area contributed by atoms with Crippen LogP contribution in [-0.2, 0) is 49.4 Å². The second kappa shape index (κ2) is 55.2. The first-order valence-corrected chi connectivity index (χ1v) is 54.5. The summed E-state index contributed by atoms with van der Waals surface area (Å²) >= 11 is 85.2. The van der Waals surface area contributed by atoms with Gasteiger partial charge in [0.1, 0.15) is 68.5 Å². The van der Waals surface area contributed by atoms with Gasteiger partial charge >= 0.3 is 17.5 Å². The number of alkyl halides is 3. The van der Waals surface area contributed by atoms with Gasteiger partial charge in [-0.2, -0.15) is 8.42 Å². The zero-order valence-corrected chi connectivity index (χ0v) is 95.9. The van der Waals surface area contributed by atoms with Crippen LogP contribution in [0.5, 0.6) is 0 Å². The first-order valence-electron chi connectivity index (χ1n) is 45.3. The Morgan fingerprint density at radius 3 is 1.32 bits per heavy atom. The number of nitrogens with two attached hydrogens (primary N) is 2. The van der Waals surface area contributed by atoms with Gasteiger partial charge in [-0.15, -0.1) is 0 Å². The average molecular weight is 2440 g/mol. The van der Waals surface area contributed by atoms with Gasteiger partial charge in [0.05, 0.1) is 90.3 Å². The summed E-state index contributed by atoms with van der Waals surface area (Å²) in [5.74, 6) is -2.96. The Morgan fingerprint density at radius 1 is 0.530 bits per heavy atom. The lowest BCUT2D eigenvalue weighted by Gasteiger charge is -2.37. The van der Waals surface area contributed by atoms with Crippen LogP contribution in [0, 0.1) is 40.8 Å². The predicted molar refractivity (Wildman–Crippen MR) is 611 cm³/mol. The molecule has 18 rings (SSSR count). The Labute approximate surface area is 957 Å². The zero-order chi connectivity index (χ0) is 108. The number of hydrogen-bond acceptors (Lipinski definition) is 12. The van der Waals surface area contributed by atoms with E-state index in [0.717, 1.165) is 67.5 Å². The fraction of sp³-hybridized carbons (Fsp3) is 0.188. The van der Waals surface area contributed by atoms with Gasteiger partial charge in [0, 0.05) is 30.8 Å². The van der Waals surface area contributed by atoms with Crippen molar-refractivity contribution in [2.24, 2.45) is 22.4 Å². The first-order chi connectivity index (χ1) is 70.1. The summed E-state index contributed by atoms with van der Waals surface area (Å²) in [4.78, 5) is 20.4. The Hall–Kier alpha value is -8.25. The minimum absolute atomic E-state index is 0. The smallest absolute Gasteiger partial charge is 0.346 e. The number of aliphatic hydroxyl groups excluding tert-OH is 1. The number of thioether (sulfide) groups is 1. The largest absolute Gasteiger partial charge is 1.00 e. The second-order valence-electron chi connectivity index (χ2n) is 35.1. The zero-order valence-electron chi connectivity index (χ0n) is 80.4. The number of aliphatic hydroxyl groups is 1. The van der Waals surface area contributed by atoms with Gasteiger partial charge in [0.2, 0.25) is 3.79 Å². The minimum Gasteiger partial charge on any atom is -1.00 e. The fourth-order valence-electron chi connectivity index (χ4n) is 16.8. The number of hydrogen-bond donors (Lipinski definition) is 6. The maximum absolute atomic E-state index is 14.5. The van der Waals surface area contributed by atoms with Crippen molar-refractivity contribution in [3.8, 4) is 0 Å². The predicted octanol–water partition coefficient (Wildman–Crippen LogP) is 29.6. The van der Waals surface area contributed by atoms with Gasteiger partial charge in [0.15, 0.2) is 10.3 Å². The molecule has 780 valence electrons. The van der Waals surface area contributed by atoms with Gasteiger partial charge in [-0.05, 0) is 308 Å². The first kappa shape index (κ1) is 123. The molecular weight excluding hydrogens is 2340 g/mol. The van der Waals surface area contributed by atoms with Crippen LogP contribution in [0.2, 0.25) is 55.2 Å². The molecule has 0 amide bonds. The minimum atomic E-state index is -2.02. The maximum atomic E-state index is 14.5. The lowest BCUT2D eigenvalue weighted by Crippen LogP contribution is -3.00. The van der Waals surface area contributed by atoms with Gasteiger partial charge in [0.25, 0.3) is 0 Å². The summed E-state index contributed by atoms with van der Waals surface area (Å²) < 4.78 is 103. The summed E-state index contributed by atoms with van der Waals surface area (Å²) in [5.41, 5.74) is 21.8. The number of nitrogens with zero attached hydrogens (tertiary/aromatic N) is 2. The van der Waals surface area contributed by atoms with Crippen LogP contribution in [0.15, 0.2) is 337 Å². The molecule has 14 aromatic carbocycles. The summed E-state index contributed by atoms with van der Waals surface area (Å²) in [6, 6.07) is 97.0. The molecule has 0 aromatic heterocycles. The van der Waals surface area contributed by atoms with Crippen molar-refractivity contribution in [3.05, 3.63) is 483 Å². The lowest BCUT2D eigenvalue weighted by atomic mass is 9.81. The number of halogens is 21. The number of fused-ring (bicyclic) bond motifs is 1. The van der Waals surface area contributed by atoms with Gasteiger partial charge in [-0.1, -0.05) is 334 Å². The van der Waals surface area contributed by atoms with Crippen LogP contribution in [0.25, 0.3) is 11.6 Å². The molecule has 0 bridgehead atoms. The van der Waals surface area contributed by atoms with E-state index in [2.05, 4.69) is 101 Å². The lowest BCUT2D eigenvalue weighted by molar-refractivity contribution is -0.137. The van der Waals surface area contributed by atoms with E-state index in [-0.39, 0.29) is 101 Å². The molecule has 8 atom stereocenters. The number of esters is 1. The van der Waals surface area contributed by atoms with Crippen molar-refractivity contribution in [1.29, 1.82) is 0 Å². The molecule has 0 radical (unpaired) electrons. The van der Waals surface area contributed by atoms with Crippen molar-refractivity contribution in [2.45, 2.75) is 112 Å². The molecule has 4 heterocycles. The van der Waals surface area contributed by atoms with E-state index in [1.54, 1.807) is 80.6 Å². The highest BCUT2D eigenvalue weighted by molar-refractivity contribution is 8.18. The number of thiocarbonyl (C=S) groups is 1. The second-order valence-corrected chi connectivity index (χ2v) is 47.2. The molecular formula is C112H97BrCl14F6N7O5PS3. The quantitative estimate of drug-likeness (QED) is 0.00852. The maximum Gasteiger partial charge on any atom is 0.346 e. The van der Waals surface area contributed by atoms with E-state index >= 15 is 0 Å². The molecule has 14 aromatic rings. The molecule has 2 saturated heterocycles. The van der Waals surface area contributed by atoms with Crippen LogP contribution in [0.3, 0.4) is 0 Å². The molecule has 4 aliphatic heterocycles. The highest BCUT2D eigenvalue weighted by Gasteiger charge is 2.55. The number of carbonyl (C=O) groups is 1. The molecule has 2 fully saturated rings. The van der Waals surface area contributed by atoms with E-state index < -0.39 is 75.2 Å². The monoisotopic (exact) mass is 2430 g/mol. The number of allylic oxidation sites excluding steroid dienone is 2. The molecule has 4 aliphatic rings. The Balaban J connectivity index is 0.000000181. The number of ether oxygens (including phenoxy) is 1. The van der Waals surface area contributed by atoms with E-state index in [9.17, 15) is 31.1 Å². The van der Waals surface area contributed by atoms with E-state index in [0.29, 0.717) is 51.4 Å². The highest BCUT2D eigenvalue weighted by atomic mass is 79.9. The number of aliphatic imine (C=N–C) groups is 1. The molecule has 0 aliphatic carbocycles. The fourth-order valence-corrected chi connectivity index (χ4v) is 24.0. The Morgan fingerprint density at radius 2 is 0.906 bits per heavy atom. The van der Waals surface area contributed by atoms with Crippen LogP contribution < -0.4 is 60.3 Å². The SMILES string of the molecule is C/C(=C\c1ccc(Cl)c(F)c1)c1ccc(Cl)cc1.CC(N)(c1ccc(Cl)cc1)C(N)c1ccc(Cl)c(F)c1.CC1(c2ccc(Cl)cc2)NC(=S)NC1c1ccc(Cl)c(F)c1.CC1(c2ccc(Cl)cc2)NC1c1ccc(Cl)c(F)c1.CCOC(=O)C1=C(C(C)C)N2C(=NC(C)(c3ccc(Cl)cc3)C2c2ccc(Cl)c(F)c2)S1.Fc1cc(C[P+](c2ccccc2)(c2ccccc2)c2ccccc2)ccc1Cl.O=S=O.OCC(Cl)(Cl)Cl.[Br-]. The number of amidine groups is 1. The standard InChI is InChI=1S/C25H20ClFP.C24H23Cl2FN2O2S.C16H13Cl2FN2S.C15H15Cl2FN2.C15H12Cl2FN.C15H11Cl2F.C2H3Cl3O.BrH.O2S/c26-24-17-16-20(18-25(24)27)19-28(21-10-4-1-5-11-21,22-12-6-2-7-13-22)23-14-8-3-9-15-23;1-5-31-22(30)20-19(13(2)3)29-21(14-6-11-17(26)18(27)12-14)24(4,28-23(29)32-20)15-7-9-16(25)10-8-15;1-16(10-3-5-11(17)6-4-10)14(20-15(22)21-16)9-2-7-12(18)13(19)8-9;1-15(20,10-3-5-11(16)6-4-10)14(19)9-2-7-12(17)13(18)8-9;1-15(10-3-5-11(16)6-4-10)14(19-15)9-2-7-12(17)13(18)8-9;1-10(12-3-5-13(16)6-4-12)8-11-2-7-14(17)15(18)9-11;3-2(4,5)1-6;;1-3-2/h1-18H,19H2;6-13,21H,5H2,1-4H3;2-8,14H,1H3,(H2,20,21,22);2-8,14H,19-20H2,1H3;2-8,14,19H,1H3;2-9H,1H3;6H,1H2;1H;/q+1;;;;;;;;/p-1/b;;;;;10-8+;;;. The molecule has 8 N–H and O–H groups in total. The molecule has 8 unspecified atom stereocenters. The summed E-state index contributed by atoms with van der Waals surface area (Å²) in [6.45, 7) is 15.6. The van der Waals surface area contributed by atoms with Crippen molar-refractivity contribution < 1.29 is 66.4 Å². The molecule has 149 heavy (non-hydrogen) atoms. The third-order valence-corrected chi connectivity index (χ3v) is 33.6. The van der Waals surface area contributed by atoms with Gasteiger partial charge < -0.3 is 53.8 Å². The normalized spacial score (nSPS) is 17.8. The van der Waals surface area contributed by atoms with Gasteiger partial charge in [-0.25, -0.2) is 36.1 Å². The Bertz CT molecular complexity index is 7030. The van der Waals surface area contributed by atoms with Crippen LogP contribution in [-0.4, -0.2) is 51.7 Å². The number of rotatable bonds is 19. The van der Waals surface area contributed by atoms with Crippen molar-refractivity contribution >= 4 is 249 Å². The number of carbonyl (C=O) groups excluding carboxylic acids is 1. The van der Waals surface area contributed by atoms with Crippen molar-refractivity contribution in [1.82, 2.24) is 20.9 Å². The molecule has 37 heteroatoms. The van der Waals surface area contributed by atoms with Gasteiger partial charge in [-0.3, -0.25) is 5.32 Å². The molecule has 0 spiro atoms. The highest BCUT2D eigenvalue weighted by Crippen LogP contribution is 2.60. The van der Waals surface area contributed by atoms with Crippen LogP contribution in [0.1, 0.15) is 141 Å². The third kappa shape index (κ3) is 31.6. The number of nitrogens with one attached hydrogen (secondary N) is 3. The van der Waals surface area contributed by atoms with Crippen molar-refractivity contribution in [3.63, 3.8) is 0 Å². The third-order valence-electron chi connectivity index (χ3n) is 24.5. The van der Waals surface area contributed by atoms with E-state index in [1.165, 1.54) is 64.1 Å².